The smallest absolute Gasteiger partial charge is 0.332 e. The van der Waals surface area contributed by atoms with E-state index in [1.807, 2.05) is 22.6 Å². The Hall–Kier alpha value is -3.20. The predicted molar refractivity (Wildman–Crippen MR) is 120 cm³/mol. The van der Waals surface area contributed by atoms with Gasteiger partial charge in [-0.3, -0.25) is 4.79 Å². The first-order chi connectivity index (χ1) is 15.4. The number of benzene rings is 2. The molecule has 3 heterocycles. The van der Waals surface area contributed by atoms with Crippen LogP contribution in [0, 0.1) is 20.7 Å². The lowest BCUT2D eigenvalue weighted by Crippen LogP contribution is -2.56. The van der Waals surface area contributed by atoms with Gasteiger partial charge in [0.2, 0.25) is 0 Å². The molecule has 0 saturated carbocycles. The van der Waals surface area contributed by atoms with E-state index in [1.54, 1.807) is 40.1 Å². The van der Waals surface area contributed by atoms with Gasteiger partial charge in [-0.05, 0) is 64.9 Å². The molecule has 2 aromatic rings. The fourth-order valence-electron chi connectivity index (χ4n) is 4.74. The molecule has 0 aliphatic carbocycles. The van der Waals surface area contributed by atoms with Crippen LogP contribution in [0.2, 0.25) is 0 Å². The van der Waals surface area contributed by atoms with Gasteiger partial charge in [-0.15, -0.1) is 0 Å². The summed E-state index contributed by atoms with van der Waals surface area (Å²) in [6.07, 6.45) is 0.560. The summed E-state index contributed by atoms with van der Waals surface area (Å²) in [5, 5.41) is 11.9. The summed E-state index contributed by atoms with van der Waals surface area (Å²) in [7, 11) is 0. The van der Waals surface area contributed by atoms with Crippen LogP contribution < -0.4 is 10.2 Å². The molecule has 0 unspecified atom stereocenters. The maximum absolute atomic E-state index is 13.2. The summed E-state index contributed by atoms with van der Waals surface area (Å²) in [4.78, 5) is 43.5. The number of imide groups is 1. The quantitative estimate of drug-likeness (QED) is 0.474. The number of amides is 5. The zero-order valence-corrected chi connectivity index (χ0v) is 18.8. The highest BCUT2D eigenvalue weighted by Crippen LogP contribution is 2.42. The van der Waals surface area contributed by atoms with Crippen LogP contribution >= 0.6 is 22.6 Å². The number of carbonyl (C=O) groups excluding carboxylic acids is 3. The molecule has 3 saturated heterocycles. The molecule has 0 radical (unpaired) electrons. The maximum atomic E-state index is 13.2. The van der Waals surface area contributed by atoms with E-state index in [-0.39, 0.29) is 36.4 Å². The van der Waals surface area contributed by atoms with Crippen LogP contribution in [-0.4, -0.2) is 52.4 Å². The minimum atomic E-state index is -0.717. The Labute approximate surface area is 196 Å². The molecule has 8 nitrogen and oxygen atoms in total. The van der Waals surface area contributed by atoms with Crippen molar-refractivity contribution in [1.29, 1.82) is 5.26 Å². The number of fused-ring (bicyclic) bond motifs is 5. The minimum absolute atomic E-state index is 0.222. The molecule has 162 valence electrons. The number of nitriles is 1. The normalized spacial score (nSPS) is 23.5. The number of halogens is 2. The third-order valence-corrected chi connectivity index (χ3v) is 7.11. The number of carbonyl (C=O) groups is 3. The van der Waals surface area contributed by atoms with Gasteiger partial charge in [-0.2, -0.15) is 5.26 Å². The number of rotatable bonds is 3. The summed E-state index contributed by atoms with van der Waals surface area (Å²) in [5.41, 5.74) is 1.65. The third-order valence-electron chi connectivity index (χ3n) is 6.21. The van der Waals surface area contributed by atoms with Crippen LogP contribution in [0.1, 0.15) is 17.5 Å². The highest BCUT2D eigenvalue weighted by atomic mass is 127. The number of hydrogen-bond donors (Lipinski definition) is 1. The largest absolute Gasteiger partial charge is 0.334 e. The number of likely N-dealkylation sites (tertiary alicyclic amines) is 1. The average molecular weight is 545 g/mol. The number of piperazine rings is 1. The van der Waals surface area contributed by atoms with Crippen molar-refractivity contribution >= 4 is 46.2 Å². The maximum Gasteiger partial charge on any atom is 0.332 e. The zero-order valence-electron chi connectivity index (χ0n) is 16.7. The molecule has 0 aromatic heterocycles. The highest BCUT2D eigenvalue weighted by molar-refractivity contribution is 14.1. The fraction of sp³-hybridized carbons (Fsp3) is 0.273. The number of hydrogen-bond acceptors (Lipinski definition) is 4. The van der Waals surface area contributed by atoms with Gasteiger partial charge in [-0.1, -0.05) is 12.1 Å². The van der Waals surface area contributed by atoms with E-state index in [2.05, 4.69) is 11.4 Å². The van der Waals surface area contributed by atoms with E-state index in [1.165, 1.54) is 12.1 Å². The molecule has 2 bridgehead atoms. The Bertz CT molecular complexity index is 1180. The lowest BCUT2D eigenvalue weighted by atomic mass is 10.1. The molecule has 5 rings (SSSR count). The molecule has 3 fully saturated rings. The summed E-state index contributed by atoms with van der Waals surface area (Å²) >= 11 is 2.00. The molecule has 5 amide bonds. The predicted octanol–water partition coefficient (Wildman–Crippen LogP) is 2.81. The van der Waals surface area contributed by atoms with Crippen LogP contribution in [0.5, 0.6) is 0 Å². The second-order valence-corrected chi connectivity index (χ2v) is 9.14. The van der Waals surface area contributed by atoms with Gasteiger partial charge in [0.15, 0.2) is 0 Å². The van der Waals surface area contributed by atoms with E-state index < -0.39 is 12.1 Å². The first-order valence-electron chi connectivity index (χ1n) is 10.0. The molecule has 2 aromatic carbocycles. The van der Waals surface area contributed by atoms with E-state index in [4.69, 9.17) is 5.26 Å². The Morgan fingerprint density at radius 2 is 1.97 bits per heavy atom. The average Bonchev–Trinajstić information content (AvgIpc) is 3.44. The van der Waals surface area contributed by atoms with Crippen LogP contribution in [0.3, 0.4) is 0 Å². The van der Waals surface area contributed by atoms with Gasteiger partial charge in [-0.25, -0.2) is 18.9 Å². The van der Waals surface area contributed by atoms with Crippen LogP contribution in [0.15, 0.2) is 42.5 Å². The lowest BCUT2D eigenvalue weighted by Gasteiger charge is -2.34. The Morgan fingerprint density at radius 1 is 1.22 bits per heavy atom. The molecule has 32 heavy (non-hydrogen) atoms. The second kappa shape index (κ2) is 7.74. The van der Waals surface area contributed by atoms with Crippen LogP contribution in [-0.2, 0) is 11.3 Å². The molecule has 0 spiro atoms. The molecule has 3 atom stereocenters. The second-order valence-electron chi connectivity index (χ2n) is 7.98. The van der Waals surface area contributed by atoms with Gasteiger partial charge < -0.3 is 15.1 Å². The standard InChI is InChI=1S/C22H17FIN5O3/c23-14-4-1-12(2-5-14)10-26-21(31)27-11-16-8-18(27)19-20(30)29(22(32)28(16)19)15-6-3-13(9-25)17(24)7-15/h1-7,16,18-19H,8,10-11H2,(H,26,31)/t16-,18-,19+/m0/s1. The van der Waals surface area contributed by atoms with Crippen molar-refractivity contribution in [3.63, 3.8) is 0 Å². The highest BCUT2D eigenvalue weighted by Gasteiger charge is 2.62. The van der Waals surface area contributed by atoms with Gasteiger partial charge >= 0.3 is 12.1 Å². The molecule has 1 N–H and O–H groups in total. The molecular weight excluding hydrogens is 528 g/mol. The number of nitrogens with zero attached hydrogens (tertiary/aromatic N) is 4. The van der Waals surface area contributed by atoms with Crippen molar-refractivity contribution in [1.82, 2.24) is 15.1 Å². The number of urea groups is 2. The molecule has 10 heteroatoms. The summed E-state index contributed by atoms with van der Waals surface area (Å²) in [6, 6.07) is 10.7. The van der Waals surface area contributed by atoms with E-state index in [0.717, 1.165) is 10.5 Å². The van der Waals surface area contributed by atoms with Gasteiger partial charge in [0.1, 0.15) is 17.9 Å². The van der Waals surface area contributed by atoms with E-state index in [0.29, 0.717) is 27.8 Å². The van der Waals surface area contributed by atoms with Gasteiger partial charge in [0.25, 0.3) is 5.91 Å². The Balaban J connectivity index is 1.32. The number of nitrogens with one attached hydrogen (secondary N) is 1. The molecule has 3 aliphatic heterocycles. The van der Waals surface area contributed by atoms with Crippen molar-refractivity contribution in [2.45, 2.75) is 31.1 Å². The first kappa shape index (κ1) is 20.7. The minimum Gasteiger partial charge on any atom is -0.334 e. The Kier molecular flexibility index (Phi) is 5.00. The Morgan fingerprint density at radius 3 is 2.66 bits per heavy atom. The van der Waals surface area contributed by atoms with Crippen LogP contribution in [0.25, 0.3) is 0 Å². The summed E-state index contributed by atoms with van der Waals surface area (Å²) in [5.74, 6) is -0.706. The van der Waals surface area contributed by atoms with Crippen LogP contribution in [0.4, 0.5) is 19.7 Å². The van der Waals surface area contributed by atoms with Gasteiger partial charge in [0.05, 0.1) is 23.3 Å². The topological polar surface area (TPSA) is 96.8 Å². The number of anilines is 1. The van der Waals surface area contributed by atoms with Crippen molar-refractivity contribution in [3.8, 4) is 6.07 Å². The van der Waals surface area contributed by atoms with Gasteiger partial charge in [0, 0.05) is 16.7 Å². The SMILES string of the molecule is N#Cc1ccc(N2C(=O)[C@H]3[C@@H]4C[C@@H](CN4C(=O)NCc4ccc(F)cc4)N3C2=O)cc1I. The monoisotopic (exact) mass is 545 g/mol. The van der Waals surface area contributed by atoms with Crippen molar-refractivity contribution < 1.29 is 18.8 Å². The summed E-state index contributed by atoms with van der Waals surface area (Å²) in [6.45, 7) is 0.595. The van der Waals surface area contributed by atoms with E-state index in [9.17, 15) is 18.8 Å². The lowest BCUT2D eigenvalue weighted by molar-refractivity contribution is -0.121. The third kappa shape index (κ3) is 3.19. The molecule has 3 aliphatic rings. The fourth-order valence-corrected chi connectivity index (χ4v) is 5.36. The zero-order chi connectivity index (χ0) is 22.6. The van der Waals surface area contributed by atoms with E-state index >= 15 is 0 Å². The van der Waals surface area contributed by atoms with Crippen molar-refractivity contribution in [3.05, 3.63) is 63.0 Å². The molecular formula is C22H17FIN5O3. The first-order valence-corrected chi connectivity index (χ1v) is 11.1. The van der Waals surface area contributed by atoms with Crippen molar-refractivity contribution in [2.75, 3.05) is 11.4 Å². The summed E-state index contributed by atoms with van der Waals surface area (Å²) < 4.78 is 13.7. The van der Waals surface area contributed by atoms with Crippen molar-refractivity contribution in [2.24, 2.45) is 0 Å².